The van der Waals surface area contributed by atoms with E-state index in [1.54, 1.807) is 27.6 Å². The standard InChI is InChI=1S/C21H22N2O3S2/c1-13-10-16(14(2)27-13)21(25)26-12-19(24)23-9-5-6-15(11-23)20-22-17-7-3-4-8-18(17)28-20/h3-4,7-8,10,15H,5-6,9,11-12H2,1-2H3/t15-/m0/s1. The molecule has 1 aliphatic heterocycles. The summed E-state index contributed by atoms with van der Waals surface area (Å²) in [6.07, 6.45) is 1.96. The number of carbonyl (C=O) groups excluding carboxylic acids is 2. The summed E-state index contributed by atoms with van der Waals surface area (Å²) in [6.45, 7) is 4.97. The molecule has 3 heterocycles. The van der Waals surface area contributed by atoms with Crippen LogP contribution in [0.25, 0.3) is 10.2 Å². The van der Waals surface area contributed by atoms with Crippen LogP contribution in [-0.2, 0) is 9.53 Å². The van der Waals surface area contributed by atoms with Crippen LogP contribution in [0.5, 0.6) is 0 Å². The maximum atomic E-state index is 12.6. The number of nitrogens with zero attached hydrogens (tertiary/aromatic N) is 2. The normalized spacial score (nSPS) is 17.1. The fourth-order valence-corrected chi connectivity index (χ4v) is 5.60. The molecular formula is C21H22N2O3S2. The summed E-state index contributed by atoms with van der Waals surface area (Å²) >= 11 is 3.26. The number of benzene rings is 1. The number of hydrogen-bond donors (Lipinski definition) is 0. The van der Waals surface area contributed by atoms with Gasteiger partial charge >= 0.3 is 5.97 Å². The van der Waals surface area contributed by atoms with E-state index >= 15 is 0 Å². The number of fused-ring (bicyclic) bond motifs is 1. The minimum Gasteiger partial charge on any atom is -0.452 e. The topological polar surface area (TPSA) is 59.5 Å². The van der Waals surface area contributed by atoms with Gasteiger partial charge in [-0.05, 0) is 44.9 Å². The van der Waals surface area contributed by atoms with Crippen molar-refractivity contribution in [3.8, 4) is 0 Å². The van der Waals surface area contributed by atoms with Gasteiger partial charge in [-0.2, -0.15) is 0 Å². The van der Waals surface area contributed by atoms with Crippen LogP contribution in [0.2, 0.25) is 0 Å². The highest BCUT2D eigenvalue weighted by Gasteiger charge is 2.27. The number of thiazole rings is 1. The lowest BCUT2D eigenvalue weighted by Gasteiger charge is -2.31. The zero-order chi connectivity index (χ0) is 19.7. The molecule has 0 unspecified atom stereocenters. The predicted octanol–water partition coefficient (Wildman–Crippen LogP) is 4.54. The van der Waals surface area contributed by atoms with E-state index in [0.29, 0.717) is 18.7 Å². The monoisotopic (exact) mass is 414 g/mol. The highest BCUT2D eigenvalue weighted by molar-refractivity contribution is 7.18. The van der Waals surface area contributed by atoms with Crippen molar-refractivity contribution in [2.45, 2.75) is 32.6 Å². The number of esters is 1. The van der Waals surface area contributed by atoms with Crippen molar-refractivity contribution in [2.24, 2.45) is 0 Å². The second kappa shape index (κ2) is 8.01. The number of aromatic nitrogens is 1. The second-order valence-corrected chi connectivity index (χ2v) is 9.62. The van der Waals surface area contributed by atoms with Gasteiger partial charge in [0.1, 0.15) is 0 Å². The van der Waals surface area contributed by atoms with Crippen LogP contribution >= 0.6 is 22.7 Å². The number of aryl methyl sites for hydroxylation is 2. The quantitative estimate of drug-likeness (QED) is 0.588. The van der Waals surface area contributed by atoms with Gasteiger partial charge in [0.2, 0.25) is 0 Å². The lowest BCUT2D eigenvalue weighted by molar-refractivity contribution is -0.135. The lowest BCUT2D eigenvalue weighted by Crippen LogP contribution is -2.41. The number of rotatable bonds is 4. The first kappa shape index (κ1) is 19.1. The Hall–Kier alpha value is -2.25. The lowest BCUT2D eigenvalue weighted by atomic mass is 9.99. The van der Waals surface area contributed by atoms with E-state index in [2.05, 4.69) is 6.07 Å². The van der Waals surface area contributed by atoms with Crippen LogP contribution in [0, 0.1) is 13.8 Å². The third kappa shape index (κ3) is 3.95. The van der Waals surface area contributed by atoms with E-state index in [0.717, 1.165) is 33.1 Å². The molecule has 1 atom stereocenters. The molecule has 1 aliphatic rings. The molecule has 2 aromatic heterocycles. The number of carbonyl (C=O) groups is 2. The molecule has 3 aromatic rings. The molecule has 7 heteroatoms. The maximum absolute atomic E-state index is 12.6. The fraction of sp³-hybridized carbons (Fsp3) is 0.381. The summed E-state index contributed by atoms with van der Waals surface area (Å²) in [5.41, 5.74) is 1.57. The van der Waals surface area contributed by atoms with Gasteiger partial charge in [0.05, 0.1) is 20.8 Å². The SMILES string of the molecule is Cc1cc(C(=O)OCC(=O)N2CCC[C@H](c3nc4ccccc4s3)C2)c(C)s1. The number of likely N-dealkylation sites (tertiary alicyclic amines) is 1. The molecule has 0 bridgehead atoms. The first-order chi connectivity index (χ1) is 13.5. The van der Waals surface area contributed by atoms with E-state index in [1.807, 2.05) is 38.1 Å². The van der Waals surface area contributed by atoms with Crippen molar-refractivity contribution in [3.63, 3.8) is 0 Å². The third-order valence-corrected chi connectivity index (χ3v) is 7.19. The zero-order valence-electron chi connectivity index (χ0n) is 15.9. The molecule has 1 aromatic carbocycles. The van der Waals surface area contributed by atoms with Crippen LogP contribution in [0.4, 0.5) is 0 Å². The predicted molar refractivity (Wildman–Crippen MR) is 112 cm³/mol. The van der Waals surface area contributed by atoms with Crippen molar-refractivity contribution >= 4 is 44.8 Å². The molecule has 146 valence electrons. The van der Waals surface area contributed by atoms with Gasteiger partial charge in [0.15, 0.2) is 6.61 Å². The maximum Gasteiger partial charge on any atom is 0.339 e. The van der Waals surface area contributed by atoms with Crippen molar-refractivity contribution in [2.75, 3.05) is 19.7 Å². The smallest absolute Gasteiger partial charge is 0.339 e. The Morgan fingerprint density at radius 1 is 1.25 bits per heavy atom. The molecule has 0 saturated carbocycles. The van der Waals surface area contributed by atoms with Crippen LogP contribution < -0.4 is 0 Å². The zero-order valence-corrected chi connectivity index (χ0v) is 17.6. The second-order valence-electron chi connectivity index (χ2n) is 7.10. The molecule has 0 N–H and O–H groups in total. The molecular weight excluding hydrogens is 392 g/mol. The summed E-state index contributed by atoms with van der Waals surface area (Å²) in [6, 6.07) is 9.93. The fourth-order valence-electron chi connectivity index (χ4n) is 3.60. The Balaban J connectivity index is 1.38. The van der Waals surface area contributed by atoms with Gasteiger partial charge in [-0.1, -0.05) is 12.1 Å². The van der Waals surface area contributed by atoms with E-state index in [4.69, 9.17) is 9.72 Å². The average molecular weight is 415 g/mol. The number of piperidine rings is 1. The number of thiophene rings is 1. The summed E-state index contributed by atoms with van der Waals surface area (Å²) < 4.78 is 6.47. The van der Waals surface area contributed by atoms with E-state index in [-0.39, 0.29) is 18.4 Å². The van der Waals surface area contributed by atoms with E-state index in [1.165, 1.54) is 4.70 Å². The number of para-hydroxylation sites is 1. The largest absolute Gasteiger partial charge is 0.452 e. The van der Waals surface area contributed by atoms with Crippen LogP contribution in [-0.4, -0.2) is 41.5 Å². The molecule has 1 saturated heterocycles. The van der Waals surface area contributed by atoms with Crippen molar-refractivity contribution in [1.82, 2.24) is 9.88 Å². The highest BCUT2D eigenvalue weighted by atomic mass is 32.1. The van der Waals surface area contributed by atoms with Gasteiger partial charge in [-0.25, -0.2) is 9.78 Å². The van der Waals surface area contributed by atoms with Gasteiger partial charge < -0.3 is 9.64 Å². The minimum absolute atomic E-state index is 0.135. The van der Waals surface area contributed by atoms with E-state index in [9.17, 15) is 9.59 Å². The molecule has 0 spiro atoms. The summed E-state index contributed by atoms with van der Waals surface area (Å²) in [4.78, 5) is 33.4. The first-order valence-electron chi connectivity index (χ1n) is 9.38. The Bertz CT molecular complexity index is 991. The van der Waals surface area contributed by atoms with Crippen molar-refractivity contribution in [3.05, 3.63) is 50.7 Å². The minimum atomic E-state index is -0.421. The molecule has 28 heavy (non-hydrogen) atoms. The Labute approximate surface area is 172 Å². The van der Waals surface area contributed by atoms with E-state index < -0.39 is 5.97 Å². The Morgan fingerprint density at radius 2 is 2.07 bits per heavy atom. The van der Waals surface area contributed by atoms with Crippen molar-refractivity contribution < 1.29 is 14.3 Å². The molecule has 0 aliphatic carbocycles. The summed E-state index contributed by atoms with van der Waals surface area (Å²) in [7, 11) is 0. The summed E-state index contributed by atoms with van der Waals surface area (Å²) in [5, 5.41) is 1.08. The van der Waals surface area contributed by atoms with Gasteiger partial charge in [0.25, 0.3) is 5.91 Å². The third-order valence-electron chi connectivity index (χ3n) is 5.02. The number of ether oxygens (including phenoxy) is 1. The Kier molecular flexibility index (Phi) is 5.46. The van der Waals surface area contributed by atoms with Crippen LogP contribution in [0.1, 0.15) is 43.9 Å². The highest BCUT2D eigenvalue weighted by Crippen LogP contribution is 2.33. The van der Waals surface area contributed by atoms with Crippen LogP contribution in [0.3, 0.4) is 0 Å². The summed E-state index contributed by atoms with van der Waals surface area (Å²) in [5.74, 6) is -0.314. The van der Waals surface area contributed by atoms with Gasteiger partial charge in [0, 0.05) is 28.8 Å². The molecule has 4 rings (SSSR count). The van der Waals surface area contributed by atoms with Crippen LogP contribution in [0.15, 0.2) is 30.3 Å². The number of amides is 1. The Morgan fingerprint density at radius 3 is 2.82 bits per heavy atom. The number of hydrogen-bond acceptors (Lipinski definition) is 6. The van der Waals surface area contributed by atoms with Gasteiger partial charge in [-0.15, -0.1) is 22.7 Å². The molecule has 0 radical (unpaired) electrons. The van der Waals surface area contributed by atoms with Crippen molar-refractivity contribution in [1.29, 1.82) is 0 Å². The molecule has 1 fully saturated rings. The molecule has 5 nitrogen and oxygen atoms in total. The first-order valence-corrected chi connectivity index (χ1v) is 11.0. The molecule has 1 amide bonds. The average Bonchev–Trinajstić information content (AvgIpc) is 3.28. The van der Waals surface area contributed by atoms with Gasteiger partial charge in [-0.3, -0.25) is 4.79 Å².